The maximum Gasteiger partial charge on any atom is 0.252 e. The number of nitrogens with two attached hydrogens (primary N) is 1. The molecule has 0 aliphatic rings. The van der Waals surface area contributed by atoms with E-state index in [2.05, 4.69) is 0 Å². The number of primary amides is 1. The minimum absolute atomic E-state index is 0.0675. The Morgan fingerprint density at radius 3 is 2.32 bits per heavy atom. The highest BCUT2D eigenvalue weighted by Crippen LogP contribution is 2.31. The second-order valence-corrected chi connectivity index (χ2v) is 4.54. The van der Waals surface area contributed by atoms with Gasteiger partial charge in [-0.3, -0.25) is 4.79 Å². The van der Waals surface area contributed by atoms with E-state index in [0.29, 0.717) is 12.0 Å². The highest BCUT2D eigenvalue weighted by molar-refractivity contribution is 5.96. The third-order valence-corrected chi connectivity index (χ3v) is 2.94. The summed E-state index contributed by atoms with van der Waals surface area (Å²) in [4.78, 5) is 11.2. The van der Waals surface area contributed by atoms with Crippen LogP contribution in [0, 0.1) is 6.92 Å². The highest BCUT2D eigenvalue weighted by atomic mass is 16.3. The summed E-state index contributed by atoms with van der Waals surface area (Å²) in [5.74, 6) is -1.57. The Morgan fingerprint density at radius 1 is 1.11 bits per heavy atom. The molecule has 0 heterocycles. The van der Waals surface area contributed by atoms with Crippen LogP contribution in [0.2, 0.25) is 0 Å². The molecular weight excluding hydrogens is 242 g/mol. The zero-order valence-electron chi connectivity index (χ0n) is 10.6. The number of amides is 1. The first-order chi connectivity index (χ1) is 8.97. The van der Waals surface area contributed by atoms with Gasteiger partial charge in [-0.15, -0.1) is 0 Å². The maximum absolute atomic E-state index is 11.2. The highest BCUT2D eigenvalue weighted by Gasteiger charge is 2.13. The molecule has 2 rings (SSSR count). The number of rotatable bonds is 3. The number of benzene rings is 2. The molecule has 19 heavy (non-hydrogen) atoms. The van der Waals surface area contributed by atoms with Crippen LogP contribution >= 0.6 is 0 Å². The van der Waals surface area contributed by atoms with E-state index >= 15 is 0 Å². The third kappa shape index (κ3) is 2.85. The van der Waals surface area contributed by atoms with Crippen LogP contribution < -0.4 is 5.73 Å². The first kappa shape index (κ1) is 13.0. The van der Waals surface area contributed by atoms with Crippen molar-refractivity contribution >= 4 is 5.91 Å². The van der Waals surface area contributed by atoms with Crippen molar-refractivity contribution in [3.63, 3.8) is 0 Å². The van der Waals surface area contributed by atoms with E-state index in [0.717, 1.165) is 11.1 Å². The lowest BCUT2D eigenvalue weighted by Gasteiger charge is -2.08. The quantitative estimate of drug-likeness (QED) is 0.736. The Bertz CT molecular complexity index is 618. The molecule has 0 unspecified atom stereocenters. The van der Waals surface area contributed by atoms with E-state index in [-0.39, 0.29) is 11.3 Å². The molecule has 98 valence electrons. The number of aryl methyl sites for hydroxylation is 1. The SMILES string of the molecule is Cc1ccc(Cc2cc(O)c(O)c(C(N)=O)c2)cc1. The molecule has 0 aliphatic carbocycles. The number of carbonyl (C=O) groups is 1. The molecule has 2 aromatic rings. The normalized spacial score (nSPS) is 10.4. The predicted molar refractivity (Wildman–Crippen MR) is 72.3 cm³/mol. The zero-order valence-corrected chi connectivity index (χ0v) is 10.6. The molecule has 2 aromatic carbocycles. The number of hydrogen-bond acceptors (Lipinski definition) is 3. The lowest BCUT2D eigenvalue weighted by Crippen LogP contribution is -2.11. The molecule has 0 aromatic heterocycles. The van der Waals surface area contributed by atoms with Crippen molar-refractivity contribution in [1.82, 2.24) is 0 Å². The zero-order chi connectivity index (χ0) is 14.0. The summed E-state index contributed by atoms with van der Waals surface area (Å²) in [7, 11) is 0. The van der Waals surface area contributed by atoms with E-state index in [1.54, 1.807) is 0 Å². The van der Waals surface area contributed by atoms with Crippen LogP contribution in [0.3, 0.4) is 0 Å². The molecule has 0 saturated heterocycles. The van der Waals surface area contributed by atoms with E-state index in [9.17, 15) is 15.0 Å². The smallest absolute Gasteiger partial charge is 0.252 e. The molecule has 0 atom stereocenters. The molecule has 0 radical (unpaired) electrons. The average molecular weight is 257 g/mol. The first-order valence-electron chi connectivity index (χ1n) is 5.87. The fraction of sp³-hybridized carbons (Fsp3) is 0.133. The summed E-state index contributed by atoms with van der Waals surface area (Å²) in [6, 6.07) is 10.9. The van der Waals surface area contributed by atoms with Crippen LogP contribution in [-0.4, -0.2) is 16.1 Å². The lowest BCUT2D eigenvalue weighted by molar-refractivity contribution is 0.0997. The van der Waals surface area contributed by atoms with Crippen LogP contribution in [-0.2, 0) is 6.42 Å². The monoisotopic (exact) mass is 257 g/mol. The first-order valence-corrected chi connectivity index (χ1v) is 5.87. The van der Waals surface area contributed by atoms with Gasteiger partial charge in [0.05, 0.1) is 5.56 Å². The van der Waals surface area contributed by atoms with E-state index in [1.807, 2.05) is 31.2 Å². The minimum Gasteiger partial charge on any atom is -0.504 e. The number of hydrogen-bond donors (Lipinski definition) is 3. The summed E-state index contributed by atoms with van der Waals surface area (Å²) in [5.41, 5.74) is 8.01. The van der Waals surface area contributed by atoms with Crippen molar-refractivity contribution in [2.45, 2.75) is 13.3 Å². The van der Waals surface area contributed by atoms with Crippen molar-refractivity contribution < 1.29 is 15.0 Å². The predicted octanol–water partition coefficient (Wildman–Crippen LogP) is 2.10. The largest absolute Gasteiger partial charge is 0.504 e. The van der Waals surface area contributed by atoms with Gasteiger partial charge in [-0.05, 0) is 36.6 Å². The molecule has 0 spiro atoms. The van der Waals surface area contributed by atoms with Crippen LogP contribution in [0.4, 0.5) is 0 Å². The Kier molecular flexibility index (Phi) is 3.42. The number of aromatic hydroxyl groups is 2. The summed E-state index contributed by atoms with van der Waals surface area (Å²) < 4.78 is 0. The van der Waals surface area contributed by atoms with Crippen molar-refractivity contribution in [1.29, 1.82) is 0 Å². The molecule has 4 nitrogen and oxygen atoms in total. The lowest BCUT2D eigenvalue weighted by atomic mass is 10.0. The van der Waals surface area contributed by atoms with Crippen LogP contribution in [0.5, 0.6) is 11.5 Å². The molecule has 0 fully saturated rings. The van der Waals surface area contributed by atoms with Crippen molar-refractivity contribution in [2.24, 2.45) is 5.73 Å². The fourth-order valence-corrected chi connectivity index (χ4v) is 1.91. The van der Waals surface area contributed by atoms with Crippen molar-refractivity contribution in [3.8, 4) is 11.5 Å². The topological polar surface area (TPSA) is 83.6 Å². The van der Waals surface area contributed by atoms with Crippen LogP contribution in [0.15, 0.2) is 36.4 Å². The average Bonchev–Trinajstić information content (AvgIpc) is 2.36. The van der Waals surface area contributed by atoms with Gasteiger partial charge in [0.15, 0.2) is 11.5 Å². The summed E-state index contributed by atoms with van der Waals surface area (Å²) in [5, 5.41) is 19.1. The number of carbonyl (C=O) groups excluding carboxylic acids is 1. The molecular formula is C15H15NO3. The Morgan fingerprint density at radius 2 is 1.74 bits per heavy atom. The molecule has 4 N–H and O–H groups in total. The van der Waals surface area contributed by atoms with E-state index in [4.69, 9.17) is 5.73 Å². The molecule has 0 saturated carbocycles. The van der Waals surface area contributed by atoms with Gasteiger partial charge in [-0.25, -0.2) is 0 Å². The van der Waals surface area contributed by atoms with Gasteiger partial charge < -0.3 is 15.9 Å². The molecule has 0 bridgehead atoms. The Balaban J connectivity index is 2.35. The summed E-state index contributed by atoms with van der Waals surface area (Å²) in [6.45, 7) is 2.00. The molecule has 1 amide bonds. The molecule has 0 aliphatic heterocycles. The summed E-state index contributed by atoms with van der Waals surface area (Å²) >= 11 is 0. The van der Waals surface area contributed by atoms with Gasteiger partial charge in [0, 0.05) is 0 Å². The summed E-state index contributed by atoms with van der Waals surface area (Å²) in [6.07, 6.45) is 0.550. The van der Waals surface area contributed by atoms with E-state index in [1.165, 1.54) is 12.1 Å². The Labute approximate surface area is 111 Å². The van der Waals surface area contributed by atoms with Gasteiger partial charge in [-0.1, -0.05) is 29.8 Å². The van der Waals surface area contributed by atoms with Gasteiger partial charge in [0.2, 0.25) is 0 Å². The van der Waals surface area contributed by atoms with Crippen molar-refractivity contribution in [3.05, 3.63) is 58.7 Å². The fourth-order valence-electron chi connectivity index (χ4n) is 1.91. The van der Waals surface area contributed by atoms with Crippen molar-refractivity contribution in [2.75, 3.05) is 0 Å². The van der Waals surface area contributed by atoms with Gasteiger partial charge in [0.25, 0.3) is 5.91 Å². The standard InChI is InChI=1S/C15H15NO3/c1-9-2-4-10(5-3-9)6-11-7-12(15(16)19)14(18)13(17)8-11/h2-5,7-8,17-18H,6H2,1H3,(H2,16,19). The van der Waals surface area contributed by atoms with Gasteiger partial charge >= 0.3 is 0 Å². The second-order valence-electron chi connectivity index (χ2n) is 4.54. The number of phenols is 2. The van der Waals surface area contributed by atoms with Gasteiger partial charge in [0.1, 0.15) is 0 Å². The number of phenolic OH excluding ortho intramolecular Hbond substituents is 1. The van der Waals surface area contributed by atoms with Crippen LogP contribution in [0.25, 0.3) is 0 Å². The molecule has 4 heteroatoms. The second kappa shape index (κ2) is 5.02. The Hall–Kier alpha value is -2.49. The van der Waals surface area contributed by atoms with E-state index < -0.39 is 11.7 Å². The maximum atomic E-state index is 11.2. The minimum atomic E-state index is -0.765. The van der Waals surface area contributed by atoms with Crippen LogP contribution in [0.1, 0.15) is 27.0 Å². The third-order valence-electron chi connectivity index (χ3n) is 2.94. The van der Waals surface area contributed by atoms with Gasteiger partial charge in [-0.2, -0.15) is 0 Å².